The number of rotatable bonds is 5. The van der Waals surface area contributed by atoms with Gasteiger partial charge < -0.3 is 9.64 Å². The predicted octanol–water partition coefficient (Wildman–Crippen LogP) is 6.25. The van der Waals surface area contributed by atoms with Gasteiger partial charge in [0.05, 0.1) is 6.04 Å². The van der Waals surface area contributed by atoms with Gasteiger partial charge in [-0.3, -0.25) is 9.69 Å². The van der Waals surface area contributed by atoms with Gasteiger partial charge in [-0.2, -0.15) is 0 Å². The van der Waals surface area contributed by atoms with E-state index in [0.29, 0.717) is 6.42 Å². The molecule has 0 atom stereocenters. The zero-order valence-corrected chi connectivity index (χ0v) is 20.3. The monoisotopic (exact) mass is 474 g/mol. The van der Waals surface area contributed by atoms with Crippen LogP contribution in [0.15, 0.2) is 109 Å². The van der Waals surface area contributed by atoms with E-state index in [1.54, 1.807) is 0 Å². The minimum atomic E-state index is 0.0622. The molecular weight excluding hydrogens is 444 g/mol. The first-order chi connectivity index (χ1) is 17.8. The number of amides is 1. The van der Waals surface area contributed by atoms with Crippen molar-refractivity contribution >= 4 is 5.91 Å². The average molecular weight is 475 g/mol. The van der Waals surface area contributed by atoms with Crippen LogP contribution in [-0.4, -0.2) is 41.9 Å². The van der Waals surface area contributed by atoms with Crippen molar-refractivity contribution in [1.82, 2.24) is 9.80 Å². The largest absolute Gasteiger partial charge is 0.457 e. The molecule has 1 saturated heterocycles. The minimum Gasteiger partial charge on any atom is -0.457 e. The van der Waals surface area contributed by atoms with Gasteiger partial charge in [-0.1, -0.05) is 97.1 Å². The van der Waals surface area contributed by atoms with E-state index in [4.69, 9.17) is 4.74 Å². The lowest BCUT2D eigenvalue weighted by atomic mass is 9.88. The lowest BCUT2D eigenvalue weighted by Crippen LogP contribution is -2.50. The molecule has 0 saturated carbocycles. The van der Waals surface area contributed by atoms with Crippen molar-refractivity contribution in [2.75, 3.05) is 26.2 Å². The van der Waals surface area contributed by atoms with E-state index in [0.717, 1.165) is 37.7 Å². The third-order valence-corrected chi connectivity index (χ3v) is 7.46. The van der Waals surface area contributed by atoms with Crippen LogP contribution in [0.2, 0.25) is 0 Å². The van der Waals surface area contributed by atoms with Crippen molar-refractivity contribution < 1.29 is 9.53 Å². The summed E-state index contributed by atoms with van der Waals surface area (Å²) in [5, 5.41) is 0. The summed E-state index contributed by atoms with van der Waals surface area (Å²) in [5.74, 6) is 2.13. The number of carbonyl (C=O) groups is 1. The summed E-state index contributed by atoms with van der Waals surface area (Å²) in [7, 11) is 0. The van der Waals surface area contributed by atoms with Gasteiger partial charge in [-0.05, 0) is 23.3 Å². The average Bonchev–Trinajstić information content (AvgIpc) is 2.95. The Kier molecular flexibility index (Phi) is 6.27. The van der Waals surface area contributed by atoms with Crippen LogP contribution in [0, 0.1) is 0 Å². The quantitative estimate of drug-likeness (QED) is 0.343. The lowest BCUT2D eigenvalue weighted by Gasteiger charge is -2.42. The smallest absolute Gasteiger partial charge is 0.223 e. The fraction of sp³-hybridized carbons (Fsp3) is 0.219. The topological polar surface area (TPSA) is 32.8 Å². The number of nitrogens with zero attached hydrogens (tertiary/aromatic N) is 2. The summed E-state index contributed by atoms with van der Waals surface area (Å²) in [4.78, 5) is 18.1. The van der Waals surface area contributed by atoms with Crippen molar-refractivity contribution in [3.8, 4) is 11.5 Å². The maximum atomic E-state index is 13.5. The van der Waals surface area contributed by atoms with Crippen molar-refractivity contribution in [1.29, 1.82) is 0 Å². The van der Waals surface area contributed by atoms with Gasteiger partial charge in [0.25, 0.3) is 0 Å². The molecular formula is C32H30N2O2. The molecule has 4 nitrogen and oxygen atoms in total. The maximum absolute atomic E-state index is 13.5. The van der Waals surface area contributed by atoms with Gasteiger partial charge in [-0.15, -0.1) is 0 Å². The second-order valence-corrected chi connectivity index (χ2v) is 9.58. The van der Waals surface area contributed by atoms with Gasteiger partial charge >= 0.3 is 0 Å². The van der Waals surface area contributed by atoms with E-state index < -0.39 is 0 Å². The first-order valence-electron chi connectivity index (χ1n) is 12.8. The summed E-state index contributed by atoms with van der Waals surface area (Å²) in [6.07, 6.45) is 0.483. The molecule has 1 fully saturated rings. The Morgan fingerprint density at radius 2 is 1.14 bits per heavy atom. The Labute approximate surface area is 212 Å². The van der Waals surface area contributed by atoms with Crippen LogP contribution in [-0.2, 0) is 4.79 Å². The molecule has 0 N–H and O–H groups in total. The normalized spacial score (nSPS) is 15.8. The molecule has 4 aromatic rings. The highest BCUT2D eigenvalue weighted by Crippen LogP contribution is 2.45. The lowest BCUT2D eigenvalue weighted by molar-refractivity contribution is -0.133. The van der Waals surface area contributed by atoms with Crippen molar-refractivity contribution in [2.24, 2.45) is 0 Å². The molecule has 2 aliphatic heterocycles. The molecule has 4 aromatic carbocycles. The van der Waals surface area contributed by atoms with E-state index >= 15 is 0 Å². The van der Waals surface area contributed by atoms with Crippen molar-refractivity contribution in [3.63, 3.8) is 0 Å². The van der Waals surface area contributed by atoms with E-state index in [2.05, 4.69) is 77.7 Å². The Morgan fingerprint density at radius 1 is 0.667 bits per heavy atom. The van der Waals surface area contributed by atoms with Crippen LogP contribution in [0.1, 0.15) is 40.6 Å². The first-order valence-corrected chi connectivity index (χ1v) is 12.8. The molecule has 0 radical (unpaired) electrons. The first kappa shape index (κ1) is 22.6. The molecule has 180 valence electrons. The van der Waals surface area contributed by atoms with Crippen LogP contribution in [0.25, 0.3) is 0 Å². The van der Waals surface area contributed by atoms with Crippen molar-refractivity contribution in [3.05, 3.63) is 131 Å². The third kappa shape index (κ3) is 4.40. The molecule has 0 bridgehead atoms. The predicted molar refractivity (Wildman–Crippen MR) is 142 cm³/mol. The number of carbonyl (C=O) groups excluding carboxylic acids is 1. The maximum Gasteiger partial charge on any atom is 0.223 e. The number of hydrogen-bond acceptors (Lipinski definition) is 3. The van der Waals surface area contributed by atoms with Crippen LogP contribution in [0.4, 0.5) is 0 Å². The number of fused-ring (bicyclic) bond motifs is 2. The number of piperazine rings is 1. The Hall–Kier alpha value is -3.89. The van der Waals surface area contributed by atoms with Gasteiger partial charge in [0.15, 0.2) is 0 Å². The van der Waals surface area contributed by atoms with E-state index in [1.165, 1.54) is 22.3 Å². The fourth-order valence-corrected chi connectivity index (χ4v) is 5.61. The van der Waals surface area contributed by atoms with E-state index in [-0.39, 0.29) is 17.9 Å². The Morgan fingerprint density at radius 3 is 1.67 bits per heavy atom. The molecule has 1 amide bonds. The Bertz CT molecular complexity index is 1250. The highest BCUT2D eigenvalue weighted by molar-refractivity contribution is 5.78. The summed E-state index contributed by atoms with van der Waals surface area (Å²) < 4.78 is 6.19. The third-order valence-electron chi connectivity index (χ3n) is 7.46. The van der Waals surface area contributed by atoms with Gasteiger partial charge in [0.2, 0.25) is 5.91 Å². The molecule has 0 unspecified atom stereocenters. The van der Waals surface area contributed by atoms with Gasteiger partial charge in [0, 0.05) is 49.6 Å². The molecule has 2 heterocycles. The SMILES string of the molecule is O=C(CC(c1ccccc1)c1ccccc1)N1CCN(C2c3ccccc3Oc3ccccc32)CC1. The molecule has 0 aliphatic carbocycles. The van der Waals surface area contributed by atoms with Gasteiger partial charge in [-0.25, -0.2) is 0 Å². The van der Waals surface area contributed by atoms with Crippen LogP contribution in [0.3, 0.4) is 0 Å². The summed E-state index contributed by atoms with van der Waals surface area (Å²) in [6, 6.07) is 37.6. The van der Waals surface area contributed by atoms with Crippen molar-refractivity contribution in [2.45, 2.75) is 18.4 Å². The highest BCUT2D eigenvalue weighted by atomic mass is 16.5. The Balaban J connectivity index is 1.19. The van der Waals surface area contributed by atoms with Gasteiger partial charge in [0.1, 0.15) is 11.5 Å². The minimum absolute atomic E-state index is 0.0622. The standard InChI is InChI=1S/C32H30N2O2/c35-31(23-28(24-11-3-1-4-12-24)25-13-5-2-6-14-25)33-19-21-34(22-20-33)32-26-15-7-9-17-29(26)36-30-18-10-8-16-27(30)32/h1-18,28,32H,19-23H2. The highest BCUT2D eigenvalue weighted by Gasteiger charge is 2.34. The van der Waals surface area contributed by atoms with Crippen LogP contribution >= 0.6 is 0 Å². The second-order valence-electron chi connectivity index (χ2n) is 9.58. The second kappa shape index (κ2) is 10.00. The summed E-state index contributed by atoms with van der Waals surface area (Å²) >= 11 is 0. The zero-order chi connectivity index (χ0) is 24.3. The van der Waals surface area contributed by atoms with E-state index in [1.807, 2.05) is 41.3 Å². The molecule has 0 spiro atoms. The molecule has 36 heavy (non-hydrogen) atoms. The van der Waals surface area contributed by atoms with Crippen LogP contribution < -0.4 is 4.74 Å². The number of benzene rings is 4. The number of hydrogen-bond donors (Lipinski definition) is 0. The number of para-hydroxylation sites is 2. The summed E-state index contributed by atoms with van der Waals surface area (Å²) in [5.41, 5.74) is 4.77. The zero-order valence-electron chi connectivity index (χ0n) is 20.3. The van der Waals surface area contributed by atoms with E-state index in [9.17, 15) is 4.79 Å². The molecule has 4 heteroatoms. The molecule has 2 aliphatic rings. The summed E-state index contributed by atoms with van der Waals surface area (Å²) in [6.45, 7) is 3.13. The van der Waals surface area contributed by atoms with Crippen LogP contribution in [0.5, 0.6) is 11.5 Å². The number of ether oxygens (including phenoxy) is 1. The molecule has 0 aromatic heterocycles. The molecule has 6 rings (SSSR count). The fourth-order valence-electron chi connectivity index (χ4n) is 5.61.